The molecule has 478 valence electrons. The smallest absolute Gasteiger partial charge is 0 e. The Balaban J connectivity index is 0.00000245. The molecule has 0 unspecified atom stereocenters. The van der Waals surface area contributed by atoms with Gasteiger partial charge in [-0.15, -0.1) is 10.6 Å². The maximum atomic E-state index is 2.76. The summed E-state index contributed by atoms with van der Waals surface area (Å²) in [6, 6.07) is 39.8. The van der Waals surface area contributed by atoms with E-state index in [2.05, 4.69) is 150 Å². The summed E-state index contributed by atoms with van der Waals surface area (Å²) in [7, 11) is -1.84. The number of unbranched alkanes of at least 4 members (excludes halogenated alkanes) is 12. The second-order valence-electron chi connectivity index (χ2n) is 25.0. The zero-order valence-electron chi connectivity index (χ0n) is 56.9. The van der Waals surface area contributed by atoms with Crippen molar-refractivity contribution in [2.24, 2.45) is 0 Å². The Hall–Kier alpha value is -3.07. The maximum absolute atomic E-state index is 2.76. The van der Waals surface area contributed by atoms with Crippen LogP contribution in [0, 0.1) is 0 Å². The van der Waals surface area contributed by atoms with Crippen LogP contribution < -0.4 is 31.8 Å². The predicted molar refractivity (Wildman–Crippen MR) is 385 cm³/mol. The summed E-state index contributed by atoms with van der Waals surface area (Å²) in [6.45, 7) is 29.0. The predicted octanol–water partition coefficient (Wildman–Crippen LogP) is 22.4. The molecule has 0 nitrogen and oxygen atoms in total. The second kappa shape index (κ2) is 43.6. The van der Waals surface area contributed by atoms with Gasteiger partial charge in [0.15, 0.2) is 0 Å². The molecule has 3 heteroatoms. The molecule has 0 saturated carbocycles. The van der Waals surface area contributed by atoms with Crippen molar-refractivity contribution in [2.75, 3.05) is 0 Å². The molecule has 0 N–H and O–H groups in total. The summed E-state index contributed by atoms with van der Waals surface area (Å²) in [4.78, 5) is 0. The van der Waals surface area contributed by atoms with E-state index in [9.17, 15) is 0 Å². The van der Waals surface area contributed by atoms with Crippen molar-refractivity contribution in [2.45, 2.75) is 314 Å². The third kappa shape index (κ3) is 21.8. The van der Waals surface area contributed by atoms with Gasteiger partial charge in [0.25, 0.3) is 0 Å². The van der Waals surface area contributed by atoms with Gasteiger partial charge in [-0.05, 0) is 250 Å². The molecule has 6 aromatic rings. The van der Waals surface area contributed by atoms with Crippen LogP contribution in [0.1, 0.15) is 304 Å². The summed E-state index contributed by atoms with van der Waals surface area (Å²) in [6.07, 6.45) is 44.5. The number of benzene rings is 4. The second-order valence-corrected chi connectivity index (χ2v) is 29.2. The van der Waals surface area contributed by atoms with Crippen LogP contribution in [0.4, 0.5) is 0 Å². The molecule has 0 spiro atoms. The van der Waals surface area contributed by atoms with Crippen LogP contribution in [0.25, 0.3) is 0 Å². The molecule has 0 saturated heterocycles. The fourth-order valence-corrected chi connectivity index (χ4v) is 19.4. The van der Waals surface area contributed by atoms with Crippen molar-refractivity contribution in [3.05, 3.63) is 164 Å². The van der Waals surface area contributed by atoms with Crippen LogP contribution in [-0.4, -0.2) is 0 Å². The molecule has 85 heavy (non-hydrogen) atoms. The van der Waals surface area contributed by atoms with Crippen molar-refractivity contribution in [3.63, 3.8) is 0 Å². The first-order chi connectivity index (χ1) is 41.3. The van der Waals surface area contributed by atoms with Crippen molar-refractivity contribution in [1.29, 1.82) is 0 Å². The van der Waals surface area contributed by atoms with Crippen molar-refractivity contribution >= 4 is 47.7 Å². The molecule has 0 aliphatic rings. The van der Waals surface area contributed by atoms with Crippen LogP contribution in [0.5, 0.6) is 0 Å². The normalized spacial score (nSPS) is 11.5. The SMILES string of the molecule is CCCCc1ccc(P(c2ccc(CCCC)c(CCCC)c2CCCC)c2ccc[c-]2P(c2ccc(CCCC)c(CCCC)c2CCCC)c2ccc(CCCC)c(CCCC)c2CCCC)c(CCCC)c1CCCC.[Ni].[cH-]1[cH-][cH-][cH-][cH-]1. The quantitative estimate of drug-likeness (QED) is 0.0204. The Morgan fingerprint density at radius 3 is 0.753 bits per heavy atom. The summed E-state index contributed by atoms with van der Waals surface area (Å²) < 4.78 is 0. The molecule has 6 aromatic carbocycles. The van der Waals surface area contributed by atoms with Crippen LogP contribution in [0.3, 0.4) is 0 Å². The third-order valence-corrected chi connectivity index (χ3v) is 23.7. The fraction of sp³-hybridized carbons (Fsp3) is 0.585. The third-order valence-electron chi connectivity index (χ3n) is 18.2. The van der Waals surface area contributed by atoms with Gasteiger partial charge in [0.2, 0.25) is 0 Å². The molecule has 0 fully saturated rings. The molecule has 6 rings (SSSR count). The van der Waals surface area contributed by atoms with Gasteiger partial charge in [0.05, 0.1) is 0 Å². The molecular formula is C82H124NiP2-6. The van der Waals surface area contributed by atoms with Crippen LogP contribution in [0.2, 0.25) is 0 Å². The van der Waals surface area contributed by atoms with Gasteiger partial charge in [-0.25, -0.2) is 12.1 Å². The van der Waals surface area contributed by atoms with Crippen molar-refractivity contribution in [3.8, 4) is 0 Å². The molecule has 0 aromatic heterocycles. The number of aryl methyl sites for hydroxylation is 4. The minimum Gasteiger partial charge on any atom is -0.748 e. The first-order valence-electron chi connectivity index (χ1n) is 35.9. The minimum absolute atomic E-state index is 0. The van der Waals surface area contributed by atoms with E-state index in [1.165, 1.54) is 231 Å². The summed E-state index contributed by atoms with van der Waals surface area (Å²) in [5, 5.41) is 10.2. The number of hydrogen-bond donors (Lipinski definition) is 0. The van der Waals surface area contributed by atoms with Crippen LogP contribution in [0.15, 0.2) is 97.1 Å². The molecule has 0 radical (unpaired) electrons. The van der Waals surface area contributed by atoms with E-state index in [-0.39, 0.29) is 16.5 Å². The van der Waals surface area contributed by atoms with Gasteiger partial charge in [-0.2, -0.15) is 6.07 Å². The molecular weight excluding hydrogens is 1110 g/mol. The summed E-state index contributed by atoms with van der Waals surface area (Å²) in [5.74, 6) is 0. The Bertz CT molecular complexity index is 2360. The van der Waals surface area contributed by atoms with Gasteiger partial charge < -0.3 is 30.3 Å². The van der Waals surface area contributed by atoms with Gasteiger partial charge >= 0.3 is 0 Å². The van der Waals surface area contributed by atoms with E-state index < -0.39 is 15.8 Å². The van der Waals surface area contributed by atoms with E-state index in [1.807, 2.05) is 30.3 Å². The topological polar surface area (TPSA) is 0 Å². The van der Waals surface area contributed by atoms with Gasteiger partial charge in [-0.1, -0.05) is 217 Å². The maximum Gasteiger partial charge on any atom is 0 e. The van der Waals surface area contributed by atoms with Gasteiger partial charge in [0.1, 0.15) is 0 Å². The first kappa shape index (κ1) is 74.4. The van der Waals surface area contributed by atoms with Crippen molar-refractivity contribution in [1.82, 2.24) is 0 Å². The number of hydrogen-bond acceptors (Lipinski definition) is 0. The summed E-state index contributed by atoms with van der Waals surface area (Å²) >= 11 is 0. The minimum atomic E-state index is -0.918. The standard InChI is InChI=1S/C77H119P2.C5H5.Ni/c1-13-25-38-60-52-56-72(68(46-33-21-9)64(60)42-29-17-5)78(73-57-53-61(39-26-14-2)65(43-30-18-6)69(73)47-34-22-10)76-50-37-51-77(76)79(74-58-54-62(40-27-15-3)66(44-31-19-7)70(74)48-35-23-11)75-59-55-63(41-28-16-4)67(45-32-20-8)71(75)49-36-24-12;1-2-4-5-3-1;/h37,50-59H,13-36,38-49H2,1-12H3;1-5H;/q-1;-5;. The van der Waals surface area contributed by atoms with E-state index in [0.29, 0.717) is 0 Å². The van der Waals surface area contributed by atoms with Gasteiger partial charge in [-0.3, -0.25) is 0 Å². The van der Waals surface area contributed by atoms with Gasteiger partial charge in [0, 0.05) is 16.5 Å². The Morgan fingerprint density at radius 1 is 0.271 bits per heavy atom. The van der Waals surface area contributed by atoms with E-state index >= 15 is 0 Å². The zero-order chi connectivity index (χ0) is 60.3. The van der Waals surface area contributed by atoms with Crippen LogP contribution >= 0.6 is 15.8 Å². The average Bonchev–Trinajstić information content (AvgIpc) is 2.67. The Labute approximate surface area is 538 Å². The van der Waals surface area contributed by atoms with E-state index in [1.54, 1.807) is 98.6 Å². The summed E-state index contributed by atoms with van der Waals surface area (Å²) in [5.41, 5.74) is 20.5. The van der Waals surface area contributed by atoms with Crippen LogP contribution in [-0.2, 0) is 93.5 Å². The first-order valence-corrected chi connectivity index (χ1v) is 38.6. The molecule has 0 heterocycles. The molecule has 0 amide bonds. The van der Waals surface area contributed by atoms with E-state index in [0.717, 1.165) is 0 Å². The molecule has 0 bridgehead atoms. The number of rotatable bonds is 42. The zero-order valence-corrected chi connectivity index (χ0v) is 59.7. The average molecular weight is 1230 g/mol. The molecule has 0 aliphatic heterocycles. The largest absolute Gasteiger partial charge is 0.748 e. The Kier molecular flexibility index (Phi) is 38.1. The Morgan fingerprint density at radius 2 is 0.494 bits per heavy atom. The molecule has 0 atom stereocenters. The van der Waals surface area contributed by atoms with E-state index in [4.69, 9.17) is 0 Å². The fourth-order valence-electron chi connectivity index (χ4n) is 13.2. The monoisotopic (exact) mass is 1230 g/mol. The molecule has 0 aliphatic carbocycles. The van der Waals surface area contributed by atoms with Crippen molar-refractivity contribution < 1.29 is 16.5 Å².